The Morgan fingerprint density at radius 2 is 2.21 bits per heavy atom. The highest BCUT2D eigenvalue weighted by Gasteiger charge is 2.17. The average Bonchev–Trinajstić information content (AvgIpc) is 2.95. The van der Waals surface area contributed by atoms with E-state index in [1.54, 1.807) is 18.4 Å². The van der Waals surface area contributed by atoms with Crippen LogP contribution in [0.3, 0.4) is 0 Å². The second-order valence-electron chi connectivity index (χ2n) is 3.81. The van der Waals surface area contributed by atoms with Crippen LogP contribution in [0.5, 0.6) is 0 Å². The van der Waals surface area contributed by atoms with Crippen molar-refractivity contribution in [3.8, 4) is 0 Å². The van der Waals surface area contributed by atoms with E-state index >= 15 is 0 Å². The molecule has 6 nitrogen and oxygen atoms in total. The predicted octanol–water partition coefficient (Wildman–Crippen LogP) is 2.39. The van der Waals surface area contributed by atoms with Crippen molar-refractivity contribution < 1.29 is 12.8 Å². The average molecular weight is 295 g/mol. The van der Waals surface area contributed by atoms with Crippen molar-refractivity contribution in [3.63, 3.8) is 0 Å². The summed E-state index contributed by atoms with van der Waals surface area (Å²) in [5, 5.41) is 2.02. The summed E-state index contributed by atoms with van der Waals surface area (Å²) in [5.41, 5.74) is 1.07. The normalized spacial score (nSPS) is 11.8. The second-order valence-corrected chi connectivity index (χ2v) is 6.38. The summed E-state index contributed by atoms with van der Waals surface area (Å²) in [7, 11) is -3.66. The zero-order valence-electron chi connectivity index (χ0n) is 9.82. The molecule has 0 atom stereocenters. The fraction of sp³-hybridized carbons (Fsp3) is 0.0909. The Morgan fingerprint density at radius 3 is 2.95 bits per heavy atom. The van der Waals surface area contributed by atoms with Gasteiger partial charge in [-0.3, -0.25) is 4.72 Å². The lowest BCUT2D eigenvalue weighted by Crippen LogP contribution is -2.12. The molecule has 1 N–H and O–H groups in total. The van der Waals surface area contributed by atoms with Gasteiger partial charge in [-0.2, -0.15) is 0 Å². The van der Waals surface area contributed by atoms with E-state index in [1.165, 1.54) is 29.7 Å². The number of aromatic nitrogens is 2. The van der Waals surface area contributed by atoms with Gasteiger partial charge in [-0.05, 0) is 12.1 Å². The first-order valence-electron chi connectivity index (χ1n) is 5.34. The van der Waals surface area contributed by atoms with Crippen molar-refractivity contribution in [3.05, 3.63) is 35.7 Å². The quantitative estimate of drug-likeness (QED) is 0.802. The zero-order valence-corrected chi connectivity index (χ0v) is 11.5. The SMILES string of the molecule is Cc1nc2ccc(S(=O)(=O)Nc3nccs3)cc2o1. The monoisotopic (exact) mass is 295 g/mol. The van der Waals surface area contributed by atoms with Gasteiger partial charge in [-0.25, -0.2) is 18.4 Å². The molecule has 0 saturated carbocycles. The molecule has 0 aliphatic heterocycles. The molecule has 0 unspecified atom stereocenters. The third-order valence-corrected chi connectivity index (χ3v) is 4.59. The summed E-state index contributed by atoms with van der Waals surface area (Å²) < 4.78 is 32.0. The van der Waals surface area contributed by atoms with E-state index in [4.69, 9.17) is 4.42 Å². The zero-order chi connectivity index (χ0) is 13.5. The van der Waals surface area contributed by atoms with E-state index < -0.39 is 10.0 Å². The maximum absolute atomic E-state index is 12.1. The van der Waals surface area contributed by atoms with E-state index in [0.29, 0.717) is 22.1 Å². The number of benzene rings is 1. The molecule has 2 aromatic heterocycles. The number of nitrogens with zero attached hydrogens (tertiary/aromatic N) is 2. The molecule has 98 valence electrons. The lowest BCUT2D eigenvalue weighted by Gasteiger charge is -2.04. The Hall–Kier alpha value is -1.93. The molecule has 19 heavy (non-hydrogen) atoms. The number of sulfonamides is 1. The minimum absolute atomic E-state index is 0.117. The number of hydrogen-bond acceptors (Lipinski definition) is 6. The van der Waals surface area contributed by atoms with Crippen molar-refractivity contribution in [2.45, 2.75) is 11.8 Å². The summed E-state index contributed by atoms with van der Waals surface area (Å²) in [6, 6.07) is 4.55. The number of fused-ring (bicyclic) bond motifs is 1. The van der Waals surface area contributed by atoms with Crippen molar-refractivity contribution in [2.24, 2.45) is 0 Å². The van der Waals surface area contributed by atoms with E-state index in [2.05, 4.69) is 14.7 Å². The second kappa shape index (κ2) is 4.32. The van der Waals surface area contributed by atoms with E-state index in [1.807, 2.05) is 0 Å². The fourth-order valence-corrected chi connectivity index (χ4v) is 3.44. The third-order valence-electron chi connectivity index (χ3n) is 2.43. The maximum atomic E-state index is 12.1. The molecule has 0 aliphatic carbocycles. The van der Waals surface area contributed by atoms with Gasteiger partial charge in [0.15, 0.2) is 16.6 Å². The van der Waals surface area contributed by atoms with Gasteiger partial charge in [-0.1, -0.05) is 0 Å². The molecule has 0 amide bonds. The van der Waals surface area contributed by atoms with E-state index in [-0.39, 0.29) is 4.90 Å². The highest BCUT2D eigenvalue weighted by Crippen LogP contribution is 2.22. The summed E-state index contributed by atoms with van der Waals surface area (Å²) in [5.74, 6) is 0.498. The number of rotatable bonds is 3. The molecule has 0 saturated heterocycles. The molecule has 8 heteroatoms. The number of aryl methyl sites for hydroxylation is 1. The van der Waals surface area contributed by atoms with Crippen LogP contribution >= 0.6 is 11.3 Å². The summed E-state index contributed by atoms with van der Waals surface area (Å²) in [6.45, 7) is 1.71. The largest absolute Gasteiger partial charge is 0.441 e. The Balaban J connectivity index is 2.02. The lowest BCUT2D eigenvalue weighted by molar-refractivity contribution is 0.559. The topological polar surface area (TPSA) is 85.1 Å². The summed E-state index contributed by atoms with van der Waals surface area (Å²) >= 11 is 1.22. The van der Waals surface area contributed by atoms with Crippen LogP contribution in [0.4, 0.5) is 5.13 Å². The summed E-state index contributed by atoms with van der Waals surface area (Å²) in [4.78, 5) is 8.12. The minimum Gasteiger partial charge on any atom is -0.441 e. The van der Waals surface area contributed by atoms with Gasteiger partial charge in [0.2, 0.25) is 0 Å². The van der Waals surface area contributed by atoms with Gasteiger partial charge in [0.1, 0.15) is 5.52 Å². The molecular formula is C11H9N3O3S2. The first-order valence-corrected chi connectivity index (χ1v) is 7.70. The Morgan fingerprint density at radius 1 is 1.37 bits per heavy atom. The van der Waals surface area contributed by atoms with E-state index in [9.17, 15) is 8.42 Å². The lowest BCUT2D eigenvalue weighted by atomic mass is 10.3. The first kappa shape index (κ1) is 12.1. The number of anilines is 1. The van der Waals surface area contributed by atoms with Crippen molar-refractivity contribution >= 4 is 37.6 Å². The van der Waals surface area contributed by atoms with Crippen LogP contribution in [-0.2, 0) is 10.0 Å². The molecule has 3 aromatic rings. The molecule has 2 heterocycles. The minimum atomic E-state index is -3.66. The predicted molar refractivity (Wildman–Crippen MR) is 71.7 cm³/mol. The van der Waals surface area contributed by atoms with Gasteiger partial charge >= 0.3 is 0 Å². The number of oxazole rings is 1. The van der Waals surface area contributed by atoms with Gasteiger partial charge in [0.05, 0.1) is 4.90 Å². The van der Waals surface area contributed by atoms with Crippen LogP contribution in [0, 0.1) is 6.92 Å². The van der Waals surface area contributed by atoms with Crippen molar-refractivity contribution in [2.75, 3.05) is 4.72 Å². The summed E-state index contributed by atoms with van der Waals surface area (Å²) in [6.07, 6.45) is 1.53. The van der Waals surface area contributed by atoms with Crippen molar-refractivity contribution in [1.82, 2.24) is 9.97 Å². The fourth-order valence-electron chi connectivity index (χ4n) is 1.64. The highest BCUT2D eigenvalue weighted by molar-refractivity contribution is 7.93. The third kappa shape index (κ3) is 2.32. The molecule has 0 spiro atoms. The van der Waals surface area contributed by atoms with Gasteiger partial charge in [-0.15, -0.1) is 11.3 Å². The van der Waals surface area contributed by atoms with Crippen LogP contribution in [0.25, 0.3) is 11.1 Å². The molecule has 0 fully saturated rings. The van der Waals surface area contributed by atoms with Crippen LogP contribution in [0.15, 0.2) is 39.1 Å². The van der Waals surface area contributed by atoms with Crippen LogP contribution in [0.2, 0.25) is 0 Å². The van der Waals surface area contributed by atoms with E-state index in [0.717, 1.165) is 0 Å². The number of hydrogen-bond donors (Lipinski definition) is 1. The van der Waals surface area contributed by atoms with Gasteiger partial charge in [0, 0.05) is 24.6 Å². The molecule has 1 aromatic carbocycles. The first-order chi connectivity index (χ1) is 9.04. The van der Waals surface area contributed by atoms with Gasteiger partial charge in [0.25, 0.3) is 10.0 Å². The smallest absolute Gasteiger partial charge is 0.263 e. The van der Waals surface area contributed by atoms with Crippen molar-refractivity contribution in [1.29, 1.82) is 0 Å². The number of thiazole rings is 1. The van der Waals surface area contributed by atoms with Crippen LogP contribution in [0.1, 0.15) is 5.89 Å². The molecule has 0 aliphatic rings. The standard InChI is InChI=1S/C11H9N3O3S2/c1-7-13-9-3-2-8(6-10(9)17-7)19(15,16)14-11-12-4-5-18-11/h2-6H,1H3,(H,12,14). The molecule has 3 rings (SSSR count). The molecule has 0 radical (unpaired) electrons. The number of nitrogens with one attached hydrogen (secondary N) is 1. The Bertz CT molecular complexity index is 822. The Labute approximate surface area is 113 Å². The Kier molecular flexibility index (Phi) is 2.76. The van der Waals surface area contributed by atoms with Gasteiger partial charge < -0.3 is 4.42 Å². The maximum Gasteiger partial charge on any atom is 0.263 e. The highest BCUT2D eigenvalue weighted by atomic mass is 32.2. The van der Waals surface area contributed by atoms with Crippen LogP contribution < -0.4 is 4.72 Å². The van der Waals surface area contributed by atoms with Crippen LogP contribution in [-0.4, -0.2) is 18.4 Å². The molecular weight excluding hydrogens is 286 g/mol. The molecule has 0 bridgehead atoms.